The Labute approximate surface area is 143 Å². The summed E-state index contributed by atoms with van der Waals surface area (Å²) in [5.74, 6) is 0.506. The smallest absolute Gasteiger partial charge is 0.177 e. The van der Waals surface area contributed by atoms with Gasteiger partial charge in [0.2, 0.25) is 0 Å². The van der Waals surface area contributed by atoms with Crippen LogP contribution in [0.4, 0.5) is 5.69 Å². The minimum atomic E-state index is -3.33. The lowest BCUT2D eigenvalue weighted by atomic mass is 9.89. The highest BCUT2D eigenvalue weighted by atomic mass is 32.2. The van der Waals surface area contributed by atoms with Crippen LogP contribution in [0.15, 0.2) is 23.1 Å². The Balaban J connectivity index is 1.83. The molecule has 2 saturated heterocycles. The molecule has 1 atom stereocenters. The third kappa shape index (κ3) is 3.64. The molecule has 0 aliphatic carbocycles. The molecule has 3 rings (SSSR count). The summed E-state index contributed by atoms with van der Waals surface area (Å²) in [7, 11) is -3.33. The minimum absolute atomic E-state index is 0.0504. The molecule has 0 amide bonds. The number of anilines is 1. The minimum Gasteiger partial charge on any atom is -0.378 e. The van der Waals surface area contributed by atoms with Crippen molar-refractivity contribution in [3.63, 3.8) is 0 Å². The number of piperidine rings is 1. The number of Topliss-reactive ketones (excluding diaryl/α,β-unsaturated/α-hetero) is 1. The van der Waals surface area contributed by atoms with E-state index in [1.807, 2.05) is 0 Å². The van der Waals surface area contributed by atoms with Gasteiger partial charge in [0.05, 0.1) is 16.7 Å². The lowest BCUT2D eigenvalue weighted by Crippen LogP contribution is -2.38. The van der Waals surface area contributed by atoms with Crippen molar-refractivity contribution < 1.29 is 17.9 Å². The molecule has 2 aliphatic heterocycles. The molecule has 0 N–H and O–H groups in total. The van der Waals surface area contributed by atoms with E-state index in [2.05, 4.69) is 4.90 Å². The second-order valence-electron chi connectivity index (χ2n) is 6.89. The summed E-state index contributed by atoms with van der Waals surface area (Å²) < 4.78 is 30.0. The molecule has 0 spiro atoms. The molecule has 2 fully saturated rings. The molecule has 6 heteroatoms. The van der Waals surface area contributed by atoms with Gasteiger partial charge in [-0.2, -0.15) is 0 Å². The molecule has 132 valence electrons. The highest BCUT2D eigenvalue weighted by Crippen LogP contribution is 2.34. The van der Waals surface area contributed by atoms with Crippen molar-refractivity contribution in [1.29, 1.82) is 0 Å². The zero-order valence-corrected chi connectivity index (χ0v) is 15.1. The van der Waals surface area contributed by atoms with Gasteiger partial charge in [0.15, 0.2) is 15.6 Å². The highest BCUT2D eigenvalue weighted by Gasteiger charge is 2.31. The van der Waals surface area contributed by atoms with E-state index < -0.39 is 9.84 Å². The molecule has 0 saturated carbocycles. The Hall–Kier alpha value is -1.40. The molecular formula is C18H25NO4S. The van der Waals surface area contributed by atoms with Crippen molar-refractivity contribution in [3.05, 3.63) is 23.8 Å². The average Bonchev–Trinajstić information content (AvgIpc) is 3.08. The van der Waals surface area contributed by atoms with E-state index in [-0.39, 0.29) is 5.78 Å². The Morgan fingerprint density at radius 2 is 1.92 bits per heavy atom. The topological polar surface area (TPSA) is 63.7 Å². The van der Waals surface area contributed by atoms with E-state index in [1.165, 1.54) is 13.2 Å². The van der Waals surface area contributed by atoms with Crippen LogP contribution >= 0.6 is 0 Å². The second-order valence-corrected chi connectivity index (χ2v) is 8.87. The molecule has 2 aliphatic rings. The maximum atomic E-state index is 12.1. The normalized spacial score (nSPS) is 22.8. The van der Waals surface area contributed by atoms with Crippen molar-refractivity contribution in [2.24, 2.45) is 5.92 Å². The second kappa shape index (κ2) is 6.84. The molecule has 0 radical (unpaired) electrons. The molecular weight excluding hydrogens is 326 g/mol. The van der Waals surface area contributed by atoms with Crippen molar-refractivity contribution in [1.82, 2.24) is 0 Å². The summed E-state index contributed by atoms with van der Waals surface area (Å²) in [5, 5.41) is 0. The third-order valence-corrected chi connectivity index (χ3v) is 6.28. The quantitative estimate of drug-likeness (QED) is 0.781. The summed E-state index contributed by atoms with van der Waals surface area (Å²) in [5.41, 5.74) is 1.22. The number of hydrogen-bond donors (Lipinski definition) is 0. The Bertz CT molecular complexity index is 715. The Morgan fingerprint density at radius 3 is 2.46 bits per heavy atom. The van der Waals surface area contributed by atoms with Crippen LogP contribution in [0.2, 0.25) is 0 Å². The summed E-state index contributed by atoms with van der Waals surface area (Å²) in [6.07, 6.45) is 5.86. The predicted molar refractivity (Wildman–Crippen MR) is 93.5 cm³/mol. The lowest BCUT2D eigenvalue weighted by Gasteiger charge is -2.36. The standard InChI is InChI=1S/C18H25NO4S/c1-13(20)15-5-6-18(24(2,21)22)16(12-15)19-9-7-14(8-10-19)17-4-3-11-23-17/h5-6,12,14,17H,3-4,7-11H2,1-2H3. The van der Waals surface area contributed by atoms with Crippen molar-refractivity contribution in [2.45, 2.75) is 43.6 Å². The van der Waals surface area contributed by atoms with Gasteiger partial charge in [-0.05, 0) is 56.7 Å². The van der Waals surface area contributed by atoms with Crippen molar-refractivity contribution in [2.75, 3.05) is 30.9 Å². The van der Waals surface area contributed by atoms with Gasteiger partial charge in [0, 0.05) is 31.5 Å². The number of carbonyl (C=O) groups is 1. The summed E-state index contributed by atoms with van der Waals surface area (Å²) in [4.78, 5) is 14.1. The van der Waals surface area contributed by atoms with Gasteiger partial charge in [-0.3, -0.25) is 4.79 Å². The van der Waals surface area contributed by atoms with Crippen LogP contribution in [0.25, 0.3) is 0 Å². The van der Waals surface area contributed by atoms with Gasteiger partial charge >= 0.3 is 0 Å². The molecule has 1 aromatic rings. The SMILES string of the molecule is CC(=O)c1ccc(S(C)(=O)=O)c(N2CCC(C3CCCO3)CC2)c1. The van der Waals surface area contributed by atoms with E-state index in [9.17, 15) is 13.2 Å². The van der Waals surface area contributed by atoms with Gasteiger partial charge in [-0.25, -0.2) is 8.42 Å². The van der Waals surface area contributed by atoms with Crippen LogP contribution in [-0.2, 0) is 14.6 Å². The van der Waals surface area contributed by atoms with Crippen LogP contribution < -0.4 is 4.90 Å². The van der Waals surface area contributed by atoms with Crippen molar-refractivity contribution >= 4 is 21.3 Å². The average molecular weight is 351 g/mol. The van der Waals surface area contributed by atoms with Crippen LogP contribution in [0.1, 0.15) is 43.0 Å². The van der Waals surface area contributed by atoms with Crippen LogP contribution in [-0.4, -0.2) is 46.3 Å². The maximum absolute atomic E-state index is 12.1. The van der Waals surface area contributed by atoms with Crippen LogP contribution in [0.3, 0.4) is 0 Å². The predicted octanol–water partition coefficient (Wildman–Crippen LogP) is 2.69. The van der Waals surface area contributed by atoms with Crippen LogP contribution in [0.5, 0.6) is 0 Å². The number of rotatable bonds is 4. The fourth-order valence-electron chi connectivity index (χ4n) is 3.78. The Morgan fingerprint density at radius 1 is 1.21 bits per heavy atom. The van der Waals surface area contributed by atoms with Gasteiger partial charge in [0.25, 0.3) is 0 Å². The molecule has 1 aromatic carbocycles. The van der Waals surface area contributed by atoms with E-state index in [4.69, 9.17) is 4.74 Å². The number of ketones is 1. The fourth-order valence-corrected chi connectivity index (χ4v) is 4.67. The molecule has 24 heavy (non-hydrogen) atoms. The first-order chi connectivity index (χ1) is 11.4. The summed E-state index contributed by atoms with van der Waals surface area (Å²) in [6.45, 7) is 3.97. The van der Waals surface area contributed by atoms with Gasteiger partial charge < -0.3 is 9.64 Å². The third-order valence-electron chi connectivity index (χ3n) is 5.14. The number of hydrogen-bond acceptors (Lipinski definition) is 5. The zero-order valence-electron chi connectivity index (χ0n) is 14.3. The van der Waals surface area contributed by atoms with Gasteiger partial charge in [-0.1, -0.05) is 0 Å². The van der Waals surface area contributed by atoms with Crippen LogP contribution in [0, 0.1) is 5.92 Å². The molecule has 2 heterocycles. The number of carbonyl (C=O) groups excluding carboxylic acids is 1. The number of nitrogens with zero attached hydrogens (tertiary/aromatic N) is 1. The zero-order chi connectivity index (χ0) is 17.3. The fraction of sp³-hybridized carbons (Fsp3) is 0.611. The van der Waals surface area contributed by atoms with Gasteiger partial charge in [-0.15, -0.1) is 0 Å². The summed E-state index contributed by atoms with van der Waals surface area (Å²) in [6, 6.07) is 4.89. The first-order valence-corrected chi connectivity index (χ1v) is 10.5. The van der Waals surface area contributed by atoms with E-state index >= 15 is 0 Å². The number of ether oxygens (including phenoxy) is 1. The number of benzene rings is 1. The van der Waals surface area contributed by atoms with E-state index in [0.29, 0.717) is 28.2 Å². The van der Waals surface area contributed by atoms with E-state index in [1.54, 1.807) is 18.2 Å². The molecule has 0 aromatic heterocycles. The number of sulfone groups is 1. The maximum Gasteiger partial charge on any atom is 0.177 e. The lowest BCUT2D eigenvalue weighted by molar-refractivity contribution is 0.0531. The summed E-state index contributed by atoms with van der Waals surface area (Å²) >= 11 is 0. The van der Waals surface area contributed by atoms with Crippen molar-refractivity contribution in [3.8, 4) is 0 Å². The largest absolute Gasteiger partial charge is 0.378 e. The first kappa shape index (κ1) is 17.4. The molecule has 1 unspecified atom stereocenters. The van der Waals surface area contributed by atoms with E-state index in [0.717, 1.165) is 45.4 Å². The molecule has 5 nitrogen and oxygen atoms in total. The first-order valence-electron chi connectivity index (χ1n) is 8.58. The monoisotopic (exact) mass is 351 g/mol. The molecule has 0 bridgehead atoms. The highest BCUT2D eigenvalue weighted by molar-refractivity contribution is 7.90. The Kier molecular flexibility index (Phi) is 4.97. The van der Waals surface area contributed by atoms with Gasteiger partial charge in [0.1, 0.15) is 0 Å².